The lowest BCUT2D eigenvalue weighted by molar-refractivity contribution is 0.0994. The number of ether oxygens (including phenoxy) is 1. The van der Waals surface area contributed by atoms with E-state index in [1.807, 2.05) is 5.16 Å². The Kier molecular flexibility index (Phi) is 3.45. The topological polar surface area (TPSA) is 64.7 Å². The fourth-order valence-corrected chi connectivity index (χ4v) is 0.806. The molecular weight excluding hydrogens is 192 g/mol. The first-order valence-electron chi connectivity index (χ1n) is 3.34. The molecule has 0 aliphatic rings. The monoisotopic (exact) mass is 198 g/mol. The molecular formula is C7H6N2O3S. The van der Waals surface area contributed by atoms with Crippen LogP contribution in [0, 0.1) is 0 Å². The van der Waals surface area contributed by atoms with Gasteiger partial charge in [0.15, 0.2) is 11.5 Å². The van der Waals surface area contributed by atoms with Gasteiger partial charge in [-0.15, -0.1) is 0 Å². The maximum atomic E-state index is 11.0. The quantitative estimate of drug-likeness (QED) is 0.536. The van der Waals surface area contributed by atoms with E-state index in [0.29, 0.717) is 5.76 Å². The van der Waals surface area contributed by atoms with Gasteiger partial charge in [-0.05, 0) is 12.2 Å². The SMILES string of the molecule is COCc1cc(C(=O)N=C=S)no1. The summed E-state index contributed by atoms with van der Waals surface area (Å²) in [4.78, 5) is 14.2. The van der Waals surface area contributed by atoms with Crippen molar-refractivity contribution in [2.24, 2.45) is 4.99 Å². The number of aromatic nitrogens is 1. The molecule has 0 atom stereocenters. The lowest BCUT2D eigenvalue weighted by Crippen LogP contribution is -1.93. The van der Waals surface area contributed by atoms with E-state index in [4.69, 9.17) is 9.26 Å². The van der Waals surface area contributed by atoms with E-state index in [0.717, 1.165) is 0 Å². The number of thiocarbonyl (C=S) groups is 1. The summed E-state index contributed by atoms with van der Waals surface area (Å²) in [6.45, 7) is 0.265. The number of aliphatic imine (C=N–C) groups is 1. The molecule has 0 aliphatic carbocycles. The summed E-state index contributed by atoms with van der Waals surface area (Å²) in [5, 5.41) is 5.42. The first-order valence-corrected chi connectivity index (χ1v) is 3.75. The predicted octanol–water partition coefficient (Wildman–Crippen LogP) is 1.06. The van der Waals surface area contributed by atoms with Crippen molar-refractivity contribution in [2.45, 2.75) is 6.61 Å². The molecule has 0 aromatic carbocycles. The van der Waals surface area contributed by atoms with E-state index < -0.39 is 5.91 Å². The van der Waals surface area contributed by atoms with Crippen LogP contribution < -0.4 is 0 Å². The Morgan fingerprint density at radius 2 is 2.69 bits per heavy atom. The van der Waals surface area contributed by atoms with Gasteiger partial charge >= 0.3 is 5.91 Å². The maximum Gasteiger partial charge on any atom is 0.308 e. The molecule has 0 saturated carbocycles. The molecule has 0 radical (unpaired) electrons. The fraction of sp³-hybridized carbons (Fsp3) is 0.286. The molecule has 1 heterocycles. The van der Waals surface area contributed by atoms with Crippen LogP contribution in [0.4, 0.5) is 0 Å². The second-order valence-electron chi connectivity index (χ2n) is 2.12. The zero-order valence-electron chi connectivity index (χ0n) is 6.81. The van der Waals surface area contributed by atoms with Crippen molar-refractivity contribution in [3.63, 3.8) is 0 Å². The van der Waals surface area contributed by atoms with Crippen molar-refractivity contribution in [2.75, 3.05) is 7.11 Å². The van der Waals surface area contributed by atoms with Gasteiger partial charge in [-0.2, -0.15) is 4.99 Å². The van der Waals surface area contributed by atoms with Gasteiger partial charge < -0.3 is 9.26 Å². The van der Waals surface area contributed by atoms with Crippen LogP contribution in [0.25, 0.3) is 0 Å². The molecule has 5 nitrogen and oxygen atoms in total. The van der Waals surface area contributed by atoms with Gasteiger partial charge in [0.2, 0.25) is 0 Å². The number of nitrogens with zero attached hydrogens (tertiary/aromatic N) is 2. The van der Waals surface area contributed by atoms with E-state index in [1.165, 1.54) is 13.2 Å². The number of carbonyl (C=O) groups excluding carboxylic acids is 1. The third-order valence-electron chi connectivity index (χ3n) is 1.21. The Morgan fingerprint density at radius 1 is 1.92 bits per heavy atom. The maximum absolute atomic E-state index is 11.0. The Bertz CT molecular complexity index is 354. The van der Waals surface area contributed by atoms with Crippen LogP contribution >= 0.6 is 12.2 Å². The standard InChI is InChI=1S/C7H6N2O3S/c1-11-3-5-2-6(9-12-5)7(10)8-4-13/h2H,3H2,1H3. The number of hydrogen-bond donors (Lipinski definition) is 0. The molecule has 0 N–H and O–H groups in total. The smallest absolute Gasteiger partial charge is 0.308 e. The Morgan fingerprint density at radius 3 is 3.31 bits per heavy atom. The van der Waals surface area contributed by atoms with Gasteiger partial charge in [-0.1, -0.05) is 5.16 Å². The summed E-state index contributed by atoms with van der Waals surface area (Å²) in [7, 11) is 1.51. The summed E-state index contributed by atoms with van der Waals surface area (Å²) in [5.74, 6) is -0.105. The van der Waals surface area contributed by atoms with E-state index in [1.54, 1.807) is 0 Å². The molecule has 0 aliphatic heterocycles. The third-order valence-corrected chi connectivity index (χ3v) is 1.30. The van der Waals surface area contributed by atoms with Crippen LogP contribution in [-0.2, 0) is 11.3 Å². The zero-order valence-corrected chi connectivity index (χ0v) is 7.63. The van der Waals surface area contributed by atoms with Crippen LogP contribution in [0.2, 0.25) is 0 Å². The highest BCUT2D eigenvalue weighted by Gasteiger charge is 2.10. The molecule has 68 valence electrons. The molecule has 0 fully saturated rings. The summed E-state index contributed by atoms with van der Waals surface area (Å²) >= 11 is 4.27. The van der Waals surface area contributed by atoms with E-state index in [2.05, 4.69) is 22.4 Å². The zero-order chi connectivity index (χ0) is 9.68. The lowest BCUT2D eigenvalue weighted by Gasteiger charge is -1.87. The molecule has 1 amide bonds. The van der Waals surface area contributed by atoms with E-state index in [9.17, 15) is 4.79 Å². The summed E-state index contributed by atoms with van der Waals surface area (Å²) in [5.41, 5.74) is 0.101. The van der Waals surface area contributed by atoms with Crippen LogP contribution in [-0.4, -0.2) is 23.3 Å². The fourth-order valence-electron chi connectivity index (χ4n) is 0.723. The first-order chi connectivity index (χ1) is 6.27. The highest BCUT2D eigenvalue weighted by Crippen LogP contribution is 2.05. The minimum Gasteiger partial charge on any atom is -0.377 e. The number of amides is 1. The minimum absolute atomic E-state index is 0.101. The number of methoxy groups -OCH3 is 1. The second kappa shape index (κ2) is 4.61. The molecule has 6 heteroatoms. The molecule has 1 aromatic heterocycles. The highest BCUT2D eigenvalue weighted by atomic mass is 32.1. The minimum atomic E-state index is -0.568. The Labute approximate surface area is 79.4 Å². The van der Waals surface area contributed by atoms with Crippen molar-refractivity contribution < 1.29 is 14.1 Å². The highest BCUT2D eigenvalue weighted by molar-refractivity contribution is 7.78. The average Bonchev–Trinajstić information content (AvgIpc) is 2.54. The molecule has 1 aromatic rings. The van der Waals surface area contributed by atoms with Gasteiger partial charge in [0.25, 0.3) is 0 Å². The van der Waals surface area contributed by atoms with Crippen molar-refractivity contribution in [3.05, 3.63) is 17.5 Å². The predicted molar refractivity (Wildman–Crippen MR) is 46.6 cm³/mol. The van der Waals surface area contributed by atoms with Crippen molar-refractivity contribution in [1.29, 1.82) is 0 Å². The van der Waals surface area contributed by atoms with Crippen molar-refractivity contribution in [1.82, 2.24) is 5.16 Å². The summed E-state index contributed by atoms with van der Waals surface area (Å²) in [6, 6.07) is 1.45. The molecule has 1 rings (SSSR count). The van der Waals surface area contributed by atoms with Gasteiger partial charge in [-0.25, -0.2) is 0 Å². The second-order valence-corrected chi connectivity index (χ2v) is 2.30. The average molecular weight is 198 g/mol. The Hall–Kier alpha value is -1.36. The Balaban J connectivity index is 2.79. The van der Waals surface area contributed by atoms with Crippen LogP contribution in [0.3, 0.4) is 0 Å². The number of isothiocyanates is 1. The van der Waals surface area contributed by atoms with Crippen molar-refractivity contribution >= 4 is 23.3 Å². The summed E-state index contributed by atoms with van der Waals surface area (Å²) in [6.07, 6.45) is 0. The number of rotatable bonds is 3. The molecule has 0 spiro atoms. The number of hydrogen-bond acceptors (Lipinski definition) is 5. The third kappa shape index (κ3) is 2.55. The van der Waals surface area contributed by atoms with Gasteiger partial charge in [-0.3, -0.25) is 4.79 Å². The normalized spacial score (nSPS) is 9.31. The van der Waals surface area contributed by atoms with Crippen molar-refractivity contribution in [3.8, 4) is 0 Å². The summed E-state index contributed by atoms with van der Waals surface area (Å²) < 4.78 is 9.52. The van der Waals surface area contributed by atoms with E-state index >= 15 is 0 Å². The largest absolute Gasteiger partial charge is 0.377 e. The van der Waals surface area contributed by atoms with Gasteiger partial charge in [0.05, 0.1) is 5.16 Å². The van der Waals surface area contributed by atoms with Crippen LogP contribution in [0.5, 0.6) is 0 Å². The van der Waals surface area contributed by atoms with Crippen LogP contribution in [0.15, 0.2) is 15.6 Å². The molecule has 13 heavy (non-hydrogen) atoms. The molecule has 0 bridgehead atoms. The van der Waals surface area contributed by atoms with Crippen LogP contribution in [0.1, 0.15) is 16.2 Å². The van der Waals surface area contributed by atoms with Gasteiger partial charge in [0, 0.05) is 13.2 Å². The number of carbonyl (C=O) groups is 1. The molecule has 0 unspecified atom stereocenters. The molecule has 0 saturated heterocycles. The van der Waals surface area contributed by atoms with E-state index in [-0.39, 0.29) is 12.3 Å². The first kappa shape index (κ1) is 9.73. The lowest BCUT2D eigenvalue weighted by atomic mass is 10.3. The van der Waals surface area contributed by atoms with Gasteiger partial charge in [0.1, 0.15) is 6.61 Å².